The number of nitrogens with zero attached hydrogens (tertiary/aromatic N) is 1. The smallest absolute Gasteiger partial charge is 0.226 e. The average Bonchev–Trinajstić information content (AvgIpc) is 3.05. The first-order valence-corrected chi connectivity index (χ1v) is 14.1. The van der Waals surface area contributed by atoms with Gasteiger partial charge in [-0.3, -0.25) is 0 Å². The maximum Gasteiger partial charge on any atom is 0.226 e. The second-order valence-electron chi connectivity index (χ2n) is 9.09. The van der Waals surface area contributed by atoms with Crippen LogP contribution in [0.5, 0.6) is 0 Å². The highest BCUT2D eigenvalue weighted by Crippen LogP contribution is 2.42. The second-order valence-corrected chi connectivity index (χ2v) is 14.4. The minimum atomic E-state index is -3.95. The Balaban J connectivity index is 2.07. The summed E-state index contributed by atoms with van der Waals surface area (Å²) in [5.74, 6) is 0.368. The molecule has 1 aromatic carbocycles. The summed E-state index contributed by atoms with van der Waals surface area (Å²) in [6.07, 6.45) is 2.90. The number of aromatic nitrogens is 1. The van der Waals surface area contributed by atoms with Crippen LogP contribution in [-0.2, 0) is 19.7 Å². The van der Waals surface area contributed by atoms with E-state index in [4.69, 9.17) is 0 Å². The molecule has 0 amide bonds. The zero-order chi connectivity index (χ0) is 22.3. The normalized spacial score (nSPS) is 22.0. The molecule has 1 N–H and O–H groups in total. The molecule has 1 heterocycles. The number of nitrogens with one attached hydrogen (secondary N) is 1. The first kappa shape index (κ1) is 23.2. The molecule has 1 saturated carbocycles. The average molecular weight is 471 g/mol. The molecule has 0 bridgehead atoms. The largest absolute Gasteiger partial charge is 0.372 e. The molecule has 166 valence electrons. The van der Waals surface area contributed by atoms with Crippen LogP contribution in [0.3, 0.4) is 0 Å². The van der Waals surface area contributed by atoms with Crippen LogP contribution in [0.1, 0.15) is 52.5 Å². The molecule has 1 aliphatic rings. The van der Waals surface area contributed by atoms with Crippen molar-refractivity contribution in [1.29, 1.82) is 0 Å². The van der Waals surface area contributed by atoms with Crippen LogP contribution < -0.4 is 5.32 Å². The van der Waals surface area contributed by atoms with Gasteiger partial charge in [0.2, 0.25) is 24.0 Å². The Kier molecular flexibility index (Phi) is 6.38. The van der Waals surface area contributed by atoms with Crippen molar-refractivity contribution in [3.8, 4) is 0 Å². The van der Waals surface area contributed by atoms with E-state index < -0.39 is 19.7 Å². The summed E-state index contributed by atoms with van der Waals surface area (Å²) < 4.78 is 51.4. The molecule has 6 nitrogen and oxygen atoms in total. The van der Waals surface area contributed by atoms with E-state index in [0.717, 1.165) is 36.2 Å². The summed E-state index contributed by atoms with van der Waals surface area (Å²) in [4.78, 5) is 4.23. The number of rotatable bonds is 6. The summed E-state index contributed by atoms with van der Waals surface area (Å²) in [6, 6.07) is 6.58. The molecule has 1 fully saturated rings. The summed E-state index contributed by atoms with van der Waals surface area (Å²) in [6.45, 7) is 10.0. The van der Waals surface area contributed by atoms with Gasteiger partial charge in [-0.25, -0.2) is 21.8 Å². The van der Waals surface area contributed by atoms with Crippen LogP contribution in [0.2, 0.25) is 0 Å². The Bertz CT molecular complexity index is 1120. The van der Waals surface area contributed by atoms with Crippen molar-refractivity contribution >= 4 is 36.0 Å². The van der Waals surface area contributed by atoms with Crippen molar-refractivity contribution in [3.63, 3.8) is 0 Å². The van der Waals surface area contributed by atoms with Crippen LogP contribution in [0.4, 0.5) is 5.00 Å². The van der Waals surface area contributed by atoms with Gasteiger partial charge in [0.05, 0.1) is 10.6 Å². The van der Waals surface area contributed by atoms with E-state index in [-0.39, 0.29) is 31.5 Å². The molecule has 3 rings (SSSR count). The number of thiazole rings is 1. The molecule has 2 atom stereocenters. The van der Waals surface area contributed by atoms with Gasteiger partial charge in [0.15, 0.2) is 5.03 Å². The monoisotopic (exact) mass is 470 g/mol. The van der Waals surface area contributed by atoms with Crippen LogP contribution in [0, 0.1) is 18.3 Å². The van der Waals surface area contributed by atoms with E-state index in [0.29, 0.717) is 10.9 Å². The third-order valence-electron chi connectivity index (χ3n) is 5.53. The Morgan fingerprint density at radius 3 is 2.33 bits per heavy atom. The molecular formula is C21H30N2O4S3. The Labute approximate surface area is 184 Å². The number of hydrogen-bond acceptors (Lipinski definition) is 7. The lowest BCUT2D eigenvalue weighted by atomic mass is 9.71. The lowest BCUT2D eigenvalue weighted by Crippen LogP contribution is -2.35. The molecule has 0 aliphatic heterocycles. The van der Waals surface area contributed by atoms with Gasteiger partial charge in [-0.05, 0) is 49.7 Å². The number of anilines is 1. The Hall–Kier alpha value is -1.45. The molecular weight excluding hydrogens is 440 g/mol. The topological polar surface area (TPSA) is 93.2 Å². The molecule has 0 unspecified atom stereocenters. The van der Waals surface area contributed by atoms with Crippen molar-refractivity contribution in [2.24, 2.45) is 11.3 Å². The van der Waals surface area contributed by atoms with Gasteiger partial charge in [-0.1, -0.05) is 56.7 Å². The van der Waals surface area contributed by atoms with Gasteiger partial charge in [-0.15, -0.1) is 0 Å². The fraction of sp³-hybridized carbons (Fsp3) is 0.571. The van der Waals surface area contributed by atoms with Crippen molar-refractivity contribution in [1.82, 2.24) is 4.98 Å². The van der Waals surface area contributed by atoms with Crippen LogP contribution in [-0.4, -0.2) is 33.6 Å². The fourth-order valence-corrected chi connectivity index (χ4v) is 8.35. The van der Waals surface area contributed by atoms with E-state index in [1.54, 1.807) is 12.1 Å². The number of benzene rings is 1. The zero-order valence-corrected chi connectivity index (χ0v) is 20.5. The highest BCUT2D eigenvalue weighted by Gasteiger charge is 2.35. The van der Waals surface area contributed by atoms with Gasteiger partial charge in [0.25, 0.3) is 0 Å². The SMILES string of the molecule is CCS(=O)(=O)c1nc(S(=O)(=O)c2ccc(C)cc2)c(N[C@H]2C[C@H](C)CC(C)(C)C2)s1. The quantitative estimate of drug-likeness (QED) is 0.657. The van der Waals surface area contributed by atoms with Gasteiger partial charge in [-0.2, -0.15) is 0 Å². The van der Waals surface area contributed by atoms with E-state index in [9.17, 15) is 16.8 Å². The molecule has 0 radical (unpaired) electrons. The fourth-order valence-electron chi connectivity index (χ4n) is 4.29. The minimum Gasteiger partial charge on any atom is -0.372 e. The van der Waals surface area contributed by atoms with Crippen LogP contribution in [0.15, 0.2) is 38.5 Å². The molecule has 30 heavy (non-hydrogen) atoms. The second kappa shape index (κ2) is 8.24. The van der Waals surface area contributed by atoms with Crippen molar-refractivity contribution in [2.75, 3.05) is 11.1 Å². The van der Waals surface area contributed by atoms with E-state index in [1.807, 2.05) is 6.92 Å². The van der Waals surface area contributed by atoms with Gasteiger partial charge >= 0.3 is 0 Å². The molecule has 2 aromatic rings. The van der Waals surface area contributed by atoms with Crippen molar-refractivity contribution < 1.29 is 16.8 Å². The molecule has 9 heteroatoms. The molecule has 1 aromatic heterocycles. The predicted octanol–water partition coefficient (Wildman–Crippen LogP) is 4.70. The molecule has 0 saturated heterocycles. The number of hydrogen-bond donors (Lipinski definition) is 1. The number of sulfone groups is 2. The van der Waals surface area contributed by atoms with Crippen molar-refractivity contribution in [3.05, 3.63) is 29.8 Å². The van der Waals surface area contributed by atoms with Gasteiger partial charge < -0.3 is 5.32 Å². The zero-order valence-electron chi connectivity index (χ0n) is 18.1. The predicted molar refractivity (Wildman–Crippen MR) is 121 cm³/mol. The van der Waals surface area contributed by atoms with Crippen molar-refractivity contribution in [2.45, 2.75) is 74.2 Å². The summed E-state index contributed by atoms with van der Waals surface area (Å²) in [5, 5.41) is 3.47. The Morgan fingerprint density at radius 1 is 1.13 bits per heavy atom. The third-order valence-corrected chi connectivity index (χ3v) is 10.5. The standard InChI is InChI=1S/C21H30N2O4S3/c1-6-29(24,25)20-23-19(30(26,27)17-9-7-14(2)8-10-17)18(28-20)22-16-11-15(3)12-21(4,5)13-16/h7-10,15-16,22H,6,11-13H2,1-5H3/t15-,16-/m0/s1. The van der Waals surface area contributed by atoms with Gasteiger partial charge in [0, 0.05) is 6.04 Å². The highest BCUT2D eigenvalue weighted by atomic mass is 32.2. The molecule has 0 spiro atoms. The first-order chi connectivity index (χ1) is 13.8. The number of aryl methyl sites for hydroxylation is 1. The third kappa shape index (κ3) is 4.89. The van der Waals surface area contributed by atoms with Crippen LogP contribution in [0.25, 0.3) is 0 Å². The maximum atomic E-state index is 13.3. The molecule has 1 aliphatic carbocycles. The minimum absolute atomic E-state index is 0.0633. The Morgan fingerprint density at radius 2 is 1.77 bits per heavy atom. The maximum absolute atomic E-state index is 13.3. The van der Waals surface area contributed by atoms with E-state index in [2.05, 4.69) is 31.1 Å². The summed E-state index contributed by atoms with van der Waals surface area (Å²) >= 11 is 0.921. The summed E-state index contributed by atoms with van der Waals surface area (Å²) in [7, 11) is -7.58. The lowest BCUT2D eigenvalue weighted by molar-refractivity contribution is 0.178. The first-order valence-electron chi connectivity index (χ1n) is 10.2. The lowest BCUT2D eigenvalue weighted by Gasteiger charge is -2.39. The van der Waals surface area contributed by atoms with Crippen LogP contribution >= 0.6 is 11.3 Å². The highest BCUT2D eigenvalue weighted by molar-refractivity contribution is 7.94. The summed E-state index contributed by atoms with van der Waals surface area (Å²) in [5.41, 5.74) is 1.08. The van der Waals surface area contributed by atoms with E-state index in [1.165, 1.54) is 19.1 Å². The van der Waals surface area contributed by atoms with Gasteiger partial charge in [0.1, 0.15) is 5.00 Å². The van der Waals surface area contributed by atoms with E-state index >= 15 is 0 Å².